The lowest BCUT2D eigenvalue weighted by Gasteiger charge is -2.20. The molecule has 0 aliphatic heterocycles. The minimum absolute atomic E-state index is 1.18. The lowest BCUT2D eigenvalue weighted by Crippen LogP contribution is -1.94. The minimum Gasteiger partial charge on any atom is -0.265 e. The number of benzene rings is 7. The van der Waals surface area contributed by atoms with Gasteiger partial charge in [0.2, 0.25) is 0 Å². The molecule has 2 nitrogen and oxygen atoms in total. The first-order chi connectivity index (χ1) is 25.6. The summed E-state index contributed by atoms with van der Waals surface area (Å²) in [6.07, 6.45) is 7.45. The van der Waals surface area contributed by atoms with E-state index < -0.39 is 0 Å². The smallest absolute Gasteiger partial charge is 0.0273 e. The van der Waals surface area contributed by atoms with Crippen LogP contribution in [0, 0.1) is 13.8 Å². The van der Waals surface area contributed by atoms with Crippen LogP contribution >= 0.6 is 0 Å². The molecule has 0 amide bonds. The Morgan fingerprint density at radius 1 is 0.288 bits per heavy atom. The molecule has 0 unspecified atom stereocenters. The van der Waals surface area contributed by atoms with Crippen molar-refractivity contribution < 1.29 is 0 Å². The van der Waals surface area contributed by atoms with Crippen LogP contribution in [0.3, 0.4) is 0 Å². The highest BCUT2D eigenvalue weighted by Gasteiger charge is 2.19. The van der Waals surface area contributed by atoms with Gasteiger partial charge >= 0.3 is 0 Å². The summed E-state index contributed by atoms with van der Waals surface area (Å²) in [5, 5.41) is 4.97. The van der Waals surface area contributed by atoms with Crippen LogP contribution in [-0.2, 0) is 0 Å². The summed E-state index contributed by atoms with van der Waals surface area (Å²) in [7, 11) is 0. The van der Waals surface area contributed by atoms with E-state index in [4.69, 9.17) is 0 Å². The monoisotopic (exact) mass is 664 g/mol. The van der Waals surface area contributed by atoms with Gasteiger partial charge in [0, 0.05) is 24.8 Å². The molecule has 9 rings (SSSR count). The van der Waals surface area contributed by atoms with Gasteiger partial charge in [-0.1, -0.05) is 121 Å². The molecule has 0 aliphatic rings. The molecule has 0 spiro atoms. The van der Waals surface area contributed by atoms with E-state index in [1.165, 1.54) is 99.4 Å². The zero-order valence-electron chi connectivity index (χ0n) is 29.2. The van der Waals surface area contributed by atoms with E-state index in [2.05, 4.69) is 182 Å². The summed E-state index contributed by atoms with van der Waals surface area (Å²) in [5.74, 6) is 0. The first-order valence-electron chi connectivity index (χ1n) is 17.8. The van der Waals surface area contributed by atoms with Crippen molar-refractivity contribution in [3.05, 3.63) is 194 Å². The molecule has 7 aromatic carbocycles. The van der Waals surface area contributed by atoms with Crippen LogP contribution in [0.15, 0.2) is 183 Å². The third-order valence-electron chi connectivity index (χ3n) is 10.3. The molecule has 2 heterocycles. The van der Waals surface area contributed by atoms with Crippen LogP contribution in [0.2, 0.25) is 0 Å². The number of fused-ring (bicyclic) bond motifs is 2. The topological polar surface area (TPSA) is 25.8 Å². The molecular weight excluding hydrogens is 629 g/mol. The molecule has 0 saturated heterocycles. The van der Waals surface area contributed by atoms with E-state index in [-0.39, 0.29) is 0 Å². The van der Waals surface area contributed by atoms with E-state index in [0.29, 0.717) is 0 Å². The van der Waals surface area contributed by atoms with Gasteiger partial charge in [-0.05, 0) is 150 Å². The number of hydrogen-bond donors (Lipinski definition) is 0. The summed E-state index contributed by atoms with van der Waals surface area (Å²) < 4.78 is 0. The molecule has 0 aliphatic carbocycles. The molecule has 2 aromatic heterocycles. The second-order valence-electron chi connectivity index (χ2n) is 13.5. The predicted molar refractivity (Wildman–Crippen MR) is 219 cm³/mol. The zero-order chi connectivity index (χ0) is 35.0. The number of hydrogen-bond acceptors (Lipinski definition) is 2. The van der Waals surface area contributed by atoms with E-state index >= 15 is 0 Å². The van der Waals surface area contributed by atoms with Crippen LogP contribution in [0.4, 0.5) is 0 Å². The average Bonchev–Trinajstić information content (AvgIpc) is 3.20. The van der Waals surface area contributed by atoms with Crippen LogP contribution in [0.25, 0.3) is 88.3 Å². The summed E-state index contributed by atoms with van der Waals surface area (Å²) in [4.78, 5) is 8.49. The third-order valence-corrected chi connectivity index (χ3v) is 10.3. The Hall–Kier alpha value is -6.64. The SMILES string of the molecule is Cc1cc(-c2c3ccccc3c(-c3ccc(-c4ccncc4)c(C)c3)c3cc(-c4cccc(-c5ccccc5)c4)ccc23)ccc1-c1ccncc1. The molecule has 52 heavy (non-hydrogen) atoms. The fourth-order valence-electron chi connectivity index (χ4n) is 7.84. The Bertz CT molecular complexity index is 2730. The largest absolute Gasteiger partial charge is 0.265 e. The van der Waals surface area contributed by atoms with Crippen molar-refractivity contribution in [2.24, 2.45) is 0 Å². The lowest BCUT2D eigenvalue weighted by molar-refractivity contribution is 1.32. The molecule has 0 atom stereocenters. The van der Waals surface area contributed by atoms with Gasteiger partial charge in [-0.15, -0.1) is 0 Å². The summed E-state index contributed by atoms with van der Waals surface area (Å²) in [6, 6.07) is 57.6. The minimum atomic E-state index is 1.18. The maximum absolute atomic E-state index is 4.25. The maximum Gasteiger partial charge on any atom is 0.0273 e. The Kier molecular flexibility index (Phi) is 7.98. The quantitative estimate of drug-likeness (QED) is 0.165. The van der Waals surface area contributed by atoms with E-state index in [1.807, 2.05) is 24.8 Å². The third kappa shape index (κ3) is 5.65. The fraction of sp³-hybridized carbons (Fsp3) is 0.0400. The summed E-state index contributed by atoms with van der Waals surface area (Å²) >= 11 is 0. The number of nitrogens with zero attached hydrogens (tertiary/aromatic N) is 2. The molecule has 0 N–H and O–H groups in total. The van der Waals surface area contributed by atoms with Gasteiger partial charge in [-0.2, -0.15) is 0 Å². The predicted octanol–water partition coefficient (Wildman–Crippen LogP) is 13.4. The van der Waals surface area contributed by atoms with Crippen LogP contribution in [0.1, 0.15) is 11.1 Å². The molecule has 2 heteroatoms. The first-order valence-corrected chi connectivity index (χ1v) is 17.8. The van der Waals surface area contributed by atoms with E-state index in [9.17, 15) is 0 Å². The van der Waals surface area contributed by atoms with Crippen molar-refractivity contribution in [2.45, 2.75) is 13.8 Å². The van der Waals surface area contributed by atoms with Gasteiger partial charge in [0.25, 0.3) is 0 Å². The molecule has 0 fully saturated rings. The van der Waals surface area contributed by atoms with Gasteiger partial charge < -0.3 is 0 Å². The first kappa shape index (κ1) is 31.3. The highest BCUT2D eigenvalue weighted by Crippen LogP contribution is 2.46. The van der Waals surface area contributed by atoms with Gasteiger partial charge in [0.05, 0.1) is 0 Å². The highest BCUT2D eigenvalue weighted by molar-refractivity contribution is 6.22. The fourth-order valence-corrected chi connectivity index (χ4v) is 7.84. The molecule has 0 saturated carbocycles. The zero-order valence-corrected chi connectivity index (χ0v) is 29.2. The molecule has 0 bridgehead atoms. The molecule has 0 radical (unpaired) electrons. The number of pyridine rings is 2. The van der Waals surface area contributed by atoms with Crippen molar-refractivity contribution in [3.63, 3.8) is 0 Å². The van der Waals surface area contributed by atoms with Crippen molar-refractivity contribution in [3.8, 4) is 66.8 Å². The Balaban J connectivity index is 1.30. The molecule has 9 aromatic rings. The molecule has 246 valence electrons. The van der Waals surface area contributed by atoms with Gasteiger partial charge in [0.1, 0.15) is 0 Å². The van der Waals surface area contributed by atoms with Crippen molar-refractivity contribution in [2.75, 3.05) is 0 Å². The highest BCUT2D eigenvalue weighted by atomic mass is 14.6. The lowest BCUT2D eigenvalue weighted by atomic mass is 9.83. The normalized spacial score (nSPS) is 11.3. The van der Waals surface area contributed by atoms with Gasteiger partial charge in [0.15, 0.2) is 0 Å². The standard InChI is InChI=1S/C50H36N2/c1-33-29-41(16-18-43(33)36-21-25-51-26-22-36)49-45-13-6-7-14-46(45)50(42-17-19-44(34(2)30-42)37-23-27-52-28-24-37)48-32-40(15-20-47(48)49)39-12-8-11-38(31-39)35-9-4-3-5-10-35/h3-32H,1-2H3. The Labute approximate surface area is 304 Å². The van der Waals surface area contributed by atoms with Crippen LogP contribution < -0.4 is 0 Å². The van der Waals surface area contributed by atoms with E-state index in [0.717, 1.165) is 0 Å². The number of rotatable bonds is 6. The van der Waals surface area contributed by atoms with Crippen molar-refractivity contribution >= 4 is 21.5 Å². The second-order valence-corrected chi connectivity index (χ2v) is 13.5. The summed E-state index contributed by atoms with van der Waals surface area (Å²) in [5.41, 5.74) is 17.0. The maximum atomic E-state index is 4.25. The average molecular weight is 665 g/mol. The van der Waals surface area contributed by atoms with Crippen LogP contribution in [0.5, 0.6) is 0 Å². The van der Waals surface area contributed by atoms with E-state index in [1.54, 1.807) is 0 Å². The van der Waals surface area contributed by atoms with Gasteiger partial charge in [-0.25, -0.2) is 0 Å². The Morgan fingerprint density at radius 2 is 0.731 bits per heavy atom. The summed E-state index contributed by atoms with van der Waals surface area (Å²) in [6.45, 7) is 4.43. The number of aryl methyl sites for hydroxylation is 2. The Morgan fingerprint density at radius 3 is 1.29 bits per heavy atom. The van der Waals surface area contributed by atoms with Crippen molar-refractivity contribution in [1.29, 1.82) is 0 Å². The van der Waals surface area contributed by atoms with Gasteiger partial charge in [-0.3, -0.25) is 9.97 Å². The van der Waals surface area contributed by atoms with Crippen molar-refractivity contribution in [1.82, 2.24) is 9.97 Å². The molecular formula is C50H36N2. The van der Waals surface area contributed by atoms with Crippen LogP contribution in [-0.4, -0.2) is 9.97 Å². The second kappa shape index (κ2) is 13.2. The number of aromatic nitrogens is 2.